The number of aliphatic hydroxyl groups excluding tert-OH is 3. The maximum absolute atomic E-state index is 12.8. The highest BCUT2D eigenvalue weighted by atomic mass is 16.7. The van der Waals surface area contributed by atoms with Crippen molar-refractivity contribution in [2.45, 2.75) is 70.2 Å². The third-order valence-corrected chi connectivity index (χ3v) is 6.46. The van der Waals surface area contributed by atoms with Crippen LogP contribution >= 0.6 is 0 Å². The molecule has 1 aliphatic rings. The average molecular weight is 653 g/mol. The summed E-state index contributed by atoms with van der Waals surface area (Å²) < 4.78 is 15.9. The third-order valence-electron chi connectivity index (χ3n) is 6.46. The minimum Gasteiger partial charge on any atom is -0.479 e. The molecule has 0 radical (unpaired) electrons. The molecule has 0 saturated heterocycles. The lowest BCUT2D eigenvalue weighted by Gasteiger charge is -2.28. The molecule has 2 unspecified atom stereocenters. The molecule has 1 aromatic rings. The number of hydrogen-bond acceptors (Lipinski definition) is 12. The van der Waals surface area contributed by atoms with Crippen molar-refractivity contribution in [3.8, 4) is 5.75 Å². The van der Waals surface area contributed by atoms with E-state index in [-0.39, 0.29) is 61.7 Å². The zero-order valence-electron chi connectivity index (χ0n) is 25.5. The number of imide groups is 1. The van der Waals surface area contributed by atoms with Gasteiger partial charge >= 0.3 is 12.1 Å². The number of carbonyl (C=O) groups excluding carboxylic acids is 5. The molecule has 7 N–H and O–H groups in total. The number of nitrogens with zero attached hydrogens (tertiary/aromatic N) is 1. The number of carboxylic acids is 1. The van der Waals surface area contributed by atoms with Crippen LogP contribution in [-0.4, -0.2) is 112 Å². The maximum atomic E-state index is 12.8. The first-order chi connectivity index (χ1) is 21.9. The van der Waals surface area contributed by atoms with E-state index >= 15 is 0 Å². The van der Waals surface area contributed by atoms with E-state index in [1.807, 2.05) is 0 Å². The van der Waals surface area contributed by atoms with Crippen molar-refractivity contribution < 1.29 is 63.4 Å². The second kappa shape index (κ2) is 19.1. The van der Waals surface area contributed by atoms with Gasteiger partial charge in [-0.15, -0.1) is 0 Å². The molecule has 0 aliphatic carbocycles. The van der Waals surface area contributed by atoms with Crippen LogP contribution in [0.25, 0.3) is 0 Å². The van der Waals surface area contributed by atoms with Gasteiger partial charge in [-0.3, -0.25) is 24.1 Å². The van der Waals surface area contributed by atoms with Crippen molar-refractivity contribution in [3.05, 3.63) is 35.9 Å². The van der Waals surface area contributed by atoms with Gasteiger partial charge < -0.3 is 50.6 Å². The van der Waals surface area contributed by atoms with Crippen molar-refractivity contribution in [1.82, 2.24) is 15.5 Å². The lowest BCUT2D eigenvalue weighted by Crippen LogP contribution is -2.45. The summed E-state index contributed by atoms with van der Waals surface area (Å²) in [4.78, 5) is 72.2. The number of aliphatic carboxylic acids is 1. The summed E-state index contributed by atoms with van der Waals surface area (Å²) in [5.74, 6) is -3.27. The summed E-state index contributed by atoms with van der Waals surface area (Å²) >= 11 is 0. The van der Waals surface area contributed by atoms with Crippen LogP contribution < -0.4 is 20.7 Å². The van der Waals surface area contributed by atoms with Gasteiger partial charge in [-0.05, 0) is 37.5 Å². The van der Waals surface area contributed by atoms with Crippen LogP contribution in [0.15, 0.2) is 30.4 Å². The van der Waals surface area contributed by atoms with Gasteiger partial charge in [0.1, 0.15) is 18.5 Å². The molecule has 2 rings (SSSR count). The Morgan fingerprint density at radius 3 is 2.28 bits per heavy atom. The van der Waals surface area contributed by atoms with E-state index in [0.29, 0.717) is 24.8 Å². The van der Waals surface area contributed by atoms with Gasteiger partial charge in [0.2, 0.25) is 18.1 Å². The molecule has 46 heavy (non-hydrogen) atoms. The molecule has 5 amide bonds. The fourth-order valence-corrected chi connectivity index (χ4v) is 4.02. The number of alkyl carbamates (subject to hydrolysis) is 1. The van der Waals surface area contributed by atoms with Crippen LogP contribution in [0.4, 0.5) is 10.5 Å². The first kappa shape index (κ1) is 37.6. The first-order valence-corrected chi connectivity index (χ1v) is 14.5. The highest BCUT2D eigenvalue weighted by Crippen LogP contribution is 2.29. The standard InChI is InChI=1S/C29H40N4O13/c1-17(35)26(27(41)42)46-28(20(36)15-34)45-21-8-7-18(16-44-29(43)30-2)14-19(21)32-23(38)11-12-31-22(37)6-4-3-5-13-33-24(39)9-10-25(33)40/h7-10,14,17,20,26,28,34-36H,3-6,11-13,15-16H2,1-2H3,(H,30,43)(H,31,37)(H,32,38)(H,41,42)/t17-,20-,26?,28?/m0/s1. The minimum atomic E-state index is -1.83. The molecule has 0 fully saturated rings. The van der Waals surface area contributed by atoms with Crippen molar-refractivity contribution in [2.75, 3.05) is 32.1 Å². The maximum Gasteiger partial charge on any atom is 0.407 e. The van der Waals surface area contributed by atoms with E-state index < -0.39 is 49.2 Å². The number of hydrogen-bond donors (Lipinski definition) is 7. The molecule has 4 atom stereocenters. The fourth-order valence-electron chi connectivity index (χ4n) is 4.02. The van der Waals surface area contributed by atoms with E-state index in [4.69, 9.17) is 14.2 Å². The number of carboxylic acid groups (broad SMARTS) is 1. The van der Waals surface area contributed by atoms with Gasteiger partial charge in [-0.25, -0.2) is 9.59 Å². The highest BCUT2D eigenvalue weighted by Gasteiger charge is 2.33. The molecule has 0 aromatic heterocycles. The molecule has 1 heterocycles. The second-order valence-electron chi connectivity index (χ2n) is 10.1. The predicted molar refractivity (Wildman–Crippen MR) is 158 cm³/mol. The average Bonchev–Trinajstić information content (AvgIpc) is 3.33. The Labute approximate surface area is 264 Å². The number of nitrogens with one attached hydrogen (secondary N) is 3. The lowest BCUT2D eigenvalue weighted by molar-refractivity contribution is -0.208. The normalized spacial score (nSPS) is 15.1. The van der Waals surface area contributed by atoms with Crippen molar-refractivity contribution in [1.29, 1.82) is 0 Å². The SMILES string of the molecule is CNC(=O)OCc1ccc(OC(OC(C(=O)O)[C@H](C)O)[C@@H](O)CO)c(NC(=O)CCNC(=O)CCCCCN2C(=O)C=CC2=O)c1. The molecule has 17 heteroatoms. The van der Waals surface area contributed by atoms with Crippen molar-refractivity contribution in [3.63, 3.8) is 0 Å². The number of rotatable bonds is 20. The lowest BCUT2D eigenvalue weighted by atomic mass is 10.1. The Kier molecular flexibility index (Phi) is 15.6. The Hall–Kier alpha value is -4.58. The van der Waals surface area contributed by atoms with Crippen LogP contribution in [0.5, 0.6) is 5.75 Å². The Bertz CT molecular complexity index is 1250. The molecule has 0 bridgehead atoms. The number of carbonyl (C=O) groups is 6. The first-order valence-electron chi connectivity index (χ1n) is 14.5. The number of unbranched alkanes of at least 4 members (excludes halogenated alkanes) is 2. The third kappa shape index (κ3) is 12.4. The van der Waals surface area contributed by atoms with E-state index in [1.165, 1.54) is 37.4 Å². The van der Waals surface area contributed by atoms with E-state index in [9.17, 15) is 49.2 Å². The Morgan fingerprint density at radius 1 is 0.978 bits per heavy atom. The summed E-state index contributed by atoms with van der Waals surface area (Å²) in [5, 5.41) is 46.3. The van der Waals surface area contributed by atoms with Crippen molar-refractivity contribution >= 4 is 41.4 Å². The van der Waals surface area contributed by atoms with Crippen LogP contribution in [0.2, 0.25) is 0 Å². The Balaban J connectivity index is 1.99. The number of benzene rings is 1. The van der Waals surface area contributed by atoms with Crippen LogP contribution in [0.1, 0.15) is 44.6 Å². The largest absolute Gasteiger partial charge is 0.479 e. The summed E-state index contributed by atoms with van der Waals surface area (Å²) in [6.45, 7) is 0.289. The number of anilines is 1. The molecular formula is C29H40N4O13. The summed E-state index contributed by atoms with van der Waals surface area (Å²) in [6.07, 6.45) is -3.53. The van der Waals surface area contributed by atoms with Gasteiger partial charge in [0.15, 0.2) is 6.10 Å². The highest BCUT2D eigenvalue weighted by molar-refractivity contribution is 6.12. The molecule has 0 spiro atoms. The number of aliphatic hydroxyl groups is 3. The molecule has 0 saturated carbocycles. The van der Waals surface area contributed by atoms with Gasteiger partial charge in [-0.1, -0.05) is 12.5 Å². The minimum absolute atomic E-state index is 0.00200. The van der Waals surface area contributed by atoms with E-state index in [0.717, 1.165) is 11.8 Å². The molecule has 17 nitrogen and oxygen atoms in total. The van der Waals surface area contributed by atoms with E-state index in [1.54, 1.807) is 0 Å². The molecule has 1 aliphatic heterocycles. The second-order valence-corrected chi connectivity index (χ2v) is 10.1. The van der Waals surface area contributed by atoms with E-state index in [2.05, 4.69) is 16.0 Å². The topological polar surface area (TPSA) is 250 Å². The summed E-state index contributed by atoms with van der Waals surface area (Å²) in [5.41, 5.74) is 0.406. The van der Waals surface area contributed by atoms with Crippen LogP contribution in [0.3, 0.4) is 0 Å². The zero-order chi connectivity index (χ0) is 34.2. The predicted octanol–water partition coefficient (Wildman–Crippen LogP) is -0.618. The molecular weight excluding hydrogens is 612 g/mol. The van der Waals surface area contributed by atoms with Gasteiger partial charge in [0.25, 0.3) is 11.8 Å². The number of amides is 5. The van der Waals surface area contributed by atoms with Gasteiger partial charge in [0.05, 0.1) is 18.4 Å². The summed E-state index contributed by atoms with van der Waals surface area (Å²) in [6, 6.07) is 4.17. The molecule has 1 aromatic carbocycles. The zero-order valence-corrected chi connectivity index (χ0v) is 25.5. The van der Waals surface area contributed by atoms with Crippen LogP contribution in [-0.2, 0) is 40.1 Å². The van der Waals surface area contributed by atoms with Crippen molar-refractivity contribution in [2.24, 2.45) is 0 Å². The van der Waals surface area contributed by atoms with Gasteiger partial charge in [0, 0.05) is 45.1 Å². The van der Waals surface area contributed by atoms with Crippen LogP contribution in [0, 0.1) is 0 Å². The molecule has 254 valence electrons. The van der Waals surface area contributed by atoms with Gasteiger partial charge in [-0.2, -0.15) is 0 Å². The smallest absolute Gasteiger partial charge is 0.407 e. The quantitative estimate of drug-likeness (QED) is 0.0528. The fraction of sp³-hybridized carbons (Fsp3) is 0.517. The summed E-state index contributed by atoms with van der Waals surface area (Å²) in [7, 11) is 1.37. The monoisotopic (exact) mass is 652 g/mol. The Morgan fingerprint density at radius 2 is 1.67 bits per heavy atom. The number of ether oxygens (including phenoxy) is 3.